The average molecular weight is 642 g/mol. The Labute approximate surface area is 214 Å². The van der Waals surface area contributed by atoms with Crippen molar-refractivity contribution in [1.82, 2.24) is 5.32 Å². The van der Waals surface area contributed by atoms with Gasteiger partial charge in [-0.1, -0.05) is 39.7 Å². The molecule has 1 aliphatic heterocycles. The molecule has 0 aliphatic carbocycles. The van der Waals surface area contributed by atoms with Gasteiger partial charge in [0.05, 0.1) is 14.6 Å². The Morgan fingerprint density at radius 2 is 1.56 bits per heavy atom. The molecule has 5 nitrogen and oxygen atoms in total. The van der Waals surface area contributed by atoms with Gasteiger partial charge in [-0.15, -0.1) is 0 Å². The first-order valence-corrected chi connectivity index (χ1v) is 12.1. The van der Waals surface area contributed by atoms with Crippen LogP contribution < -0.4 is 15.0 Å². The molecule has 32 heavy (non-hydrogen) atoms. The number of nitrogens with one attached hydrogen (secondary N) is 1. The van der Waals surface area contributed by atoms with Gasteiger partial charge in [0, 0.05) is 9.50 Å². The summed E-state index contributed by atoms with van der Waals surface area (Å²) in [5.41, 5.74) is 2.35. The van der Waals surface area contributed by atoms with Crippen molar-refractivity contribution in [2.45, 2.75) is 6.61 Å². The molecular weight excluding hydrogens is 627 g/mol. The Bertz CT molecular complexity index is 1210. The van der Waals surface area contributed by atoms with Crippen LogP contribution >= 0.6 is 59.4 Å². The smallest absolute Gasteiger partial charge is 0.333 e. The quantitative estimate of drug-likeness (QED) is 0.235. The largest absolute Gasteiger partial charge is 0.487 e. The minimum Gasteiger partial charge on any atom is -0.487 e. The molecule has 0 spiro atoms. The number of hydrogen-bond acceptors (Lipinski definition) is 3. The molecule has 162 valence electrons. The van der Waals surface area contributed by atoms with Gasteiger partial charge in [0.25, 0.3) is 5.91 Å². The Kier molecular flexibility index (Phi) is 7.05. The molecular formula is C23H14Br3ClN2O3. The first-order valence-electron chi connectivity index (χ1n) is 9.31. The number of hydrogen-bond donors (Lipinski definition) is 1. The molecule has 0 radical (unpaired) electrons. The zero-order valence-corrected chi connectivity index (χ0v) is 21.8. The number of nitrogens with zero attached hydrogens (tertiary/aromatic N) is 1. The number of rotatable bonds is 5. The van der Waals surface area contributed by atoms with Gasteiger partial charge >= 0.3 is 6.03 Å². The van der Waals surface area contributed by atoms with Gasteiger partial charge < -0.3 is 10.1 Å². The van der Waals surface area contributed by atoms with Crippen LogP contribution in [-0.4, -0.2) is 11.9 Å². The van der Waals surface area contributed by atoms with Crippen LogP contribution in [0, 0.1) is 0 Å². The number of halogens is 4. The van der Waals surface area contributed by atoms with Crippen molar-refractivity contribution in [1.29, 1.82) is 0 Å². The van der Waals surface area contributed by atoms with Crippen LogP contribution in [0.15, 0.2) is 79.8 Å². The predicted molar refractivity (Wildman–Crippen MR) is 136 cm³/mol. The number of benzene rings is 3. The van der Waals surface area contributed by atoms with Gasteiger partial charge in [0.1, 0.15) is 18.1 Å². The number of imide groups is 1. The standard InChI is InChI=1S/C23H14Br3ClN2O3/c24-15-3-1-13(2-4-15)12-32-21-18(25)9-14(10-19(21)26)11-20-22(30)29(23(31)28-20)17-7-5-16(27)6-8-17/h1-11H,12H2,(H,28,31)/b20-11+. The number of carbonyl (C=O) groups is 2. The maximum atomic E-state index is 12.8. The van der Waals surface area contributed by atoms with Crippen LogP contribution in [0.5, 0.6) is 5.75 Å². The van der Waals surface area contributed by atoms with Crippen molar-refractivity contribution in [2.75, 3.05) is 4.90 Å². The number of ether oxygens (including phenoxy) is 1. The van der Waals surface area contributed by atoms with E-state index >= 15 is 0 Å². The number of amides is 3. The van der Waals surface area contributed by atoms with Gasteiger partial charge in [0.2, 0.25) is 0 Å². The highest BCUT2D eigenvalue weighted by molar-refractivity contribution is 9.11. The van der Waals surface area contributed by atoms with Crippen molar-refractivity contribution in [2.24, 2.45) is 0 Å². The SMILES string of the molecule is O=C1N/C(=C/c2cc(Br)c(OCc3ccc(Br)cc3)c(Br)c2)C(=O)N1c1ccc(Cl)cc1. The lowest BCUT2D eigenvalue weighted by Gasteiger charge is -2.12. The van der Waals surface area contributed by atoms with Gasteiger partial charge in [-0.05, 0) is 97.6 Å². The summed E-state index contributed by atoms with van der Waals surface area (Å²) < 4.78 is 8.38. The summed E-state index contributed by atoms with van der Waals surface area (Å²) >= 11 is 16.4. The average Bonchev–Trinajstić information content (AvgIpc) is 3.02. The molecule has 0 aromatic heterocycles. The second-order valence-corrected chi connectivity index (χ2v) is 9.89. The second kappa shape index (κ2) is 9.79. The molecule has 0 saturated carbocycles. The second-order valence-electron chi connectivity index (χ2n) is 6.83. The van der Waals surface area contributed by atoms with Crippen molar-refractivity contribution >= 4 is 83.1 Å². The van der Waals surface area contributed by atoms with E-state index in [4.69, 9.17) is 16.3 Å². The minimum atomic E-state index is -0.517. The van der Waals surface area contributed by atoms with Crippen LogP contribution in [0.25, 0.3) is 6.08 Å². The molecule has 0 unspecified atom stereocenters. The normalized spacial score (nSPS) is 14.8. The fourth-order valence-corrected chi connectivity index (χ4v) is 4.90. The van der Waals surface area contributed by atoms with Gasteiger partial charge in [-0.2, -0.15) is 0 Å². The van der Waals surface area contributed by atoms with Crippen molar-refractivity contribution in [3.05, 3.63) is 95.9 Å². The van der Waals surface area contributed by atoms with E-state index in [9.17, 15) is 9.59 Å². The molecule has 4 rings (SSSR count). The summed E-state index contributed by atoms with van der Waals surface area (Å²) in [6.45, 7) is 0.398. The Balaban J connectivity index is 1.54. The van der Waals surface area contributed by atoms with Crippen LogP contribution in [-0.2, 0) is 11.4 Å². The fourth-order valence-electron chi connectivity index (χ4n) is 3.06. The van der Waals surface area contributed by atoms with Crippen LogP contribution in [0.1, 0.15) is 11.1 Å². The zero-order chi connectivity index (χ0) is 22.8. The van der Waals surface area contributed by atoms with E-state index in [1.165, 1.54) is 0 Å². The molecule has 9 heteroatoms. The molecule has 1 fully saturated rings. The first-order chi connectivity index (χ1) is 15.3. The summed E-state index contributed by atoms with van der Waals surface area (Å²) in [5.74, 6) is 0.194. The maximum absolute atomic E-state index is 12.8. The molecule has 1 saturated heterocycles. The number of anilines is 1. The molecule has 3 aromatic rings. The monoisotopic (exact) mass is 638 g/mol. The molecule has 3 aromatic carbocycles. The molecule has 1 aliphatic rings. The third-order valence-corrected chi connectivity index (χ3v) is 6.55. The minimum absolute atomic E-state index is 0.173. The highest BCUT2D eigenvalue weighted by atomic mass is 79.9. The summed E-state index contributed by atoms with van der Waals surface area (Å²) in [4.78, 5) is 26.3. The molecule has 1 N–H and O–H groups in total. The Hall–Kier alpha value is -2.13. The first kappa shape index (κ1) is 23.0. The Morgan fingerprint density at radius 1 is 0.938 bits per heavy atom. The molecule has 3 amide bonds. The lowest BCUT2D eigenvalue weighted by molar-refractivity contribution is -0.113. The van der Waals surface area contributed by atoms with E-state index in [2.05, 4.69) is 53.1 Å². The van der Waals surface area contributed by atoms with E-state index < -0.39 is 11.9 Å². The maximum Gasteiger partial charge on any atom is 0.333 e. The zero-order valence-electron chi connectivity index (χ0n) is 16.2. The lowest BCUT2D eigenvalue weighted by Crippen LogP contribution is -2.30. The van der Waals surface area contributed by atoms with Crippen molar-refractivity contribution < 1.29 is 14.3 Å². The van der Waals surface area contributed by atoms with Crippen molar-refractivity contribution in [3.8, 4) is 5.75 Å². The fraction of sp³-hybridized carbons (Fsp3) is 0.0435. The van der Waals surface area contributed by atoms with Crippen LogP contribution in [0.4, 0.5) is 10.5 Å². The summed E-state index contributed by atoms with van der Waals surface area (Å²) in [7, 11) is 0. The predicted octanol–water partition coefficient (Wildman–Crippen LogP) is 7.30. The van der Waals surface area contributed by atoms with E-state index in [0.717, 1.165) is 14.9 Å². The molecule has 1 heterocycles. The van der Waals surface area contributed by atoms with E-state index in [1.54, 1.807) is 30.3 Å². The summed E-state index contributed by atoms with van der Waals surface area (Å²) in [6, 6.07) is 17.5. The van der Waals surface area contributed by atoms with E-state index in [0.29, 0.717) is 37.6 Å². The van der Waals surface area contributed by atoms with Gasteiger partial charge in [0.15, 0.2) is 0 Å². The highest BCUT2D eigenvalue weighted by Crippen LogP contribution is 2.36. The van der Waals surface area contributed by atoms with Gasteiger partial charge in [-0.25, -0.2) is 9.69 Å². The van der Waals surface area contributed by atoms with E-state index in [-0.39, 0.29) is 5.70 Å². The van der Waals surface area contributed by atoms with Gasteiger partial charge in [-0.3, -0.25) is 4.79 Å². The summed E-state index contributed by atoms with van der Waals surface area (Å²) in [6.07, 6.45) is 1.62. The lowest BCUT2D eigenvalue weighted by atomic mass is 10.1. The highest BCUT2D eigenvalue weighted by Gasteiger charge is 2.34. The topological polar surface area (TPSA) is 58.6 Å². The third kappa shape index (κ3) is 5.09. The van der Waals surface area contributed by atoms with Crippen LogP contribution in [0.2, 0.25) is 5.02 Å². The van der Waals surface area contributed by atoms with Crippen LogP contribution in [0.3, 0.4) is 0 Å². The Morgan fingerprint density at radius 3 is 2.19 bits per heavy atom. The number of carbonyl (C=O) groups excluding carboxylic acids is 2. The molecule has 0 atom stereocenters. The van der Waals surface area contributed by atoms with Crippen molar-refractivity contribution in [3.63, 3.8) is 0 Å². The third-order valence-electron chi connectivity index (χ3n) is 4.59. The molecule has 0 bridgehead atoms. The number of urea groups is 1. The summed E-state index contributed by atoms with van der Waals surface area (Å²) in [5, 5.41) is 3.14. The van der Waals surface area contributed by atoms with E-state index in [1.807, 2.05) is 36.4 Å².